The van der Waals surface area contributed by atoms with Crippen LogP contribution in [0.4, 0.5) is 10.1 Å². The lowest BCUT2D eigenvalue weighted by atomic mass is 10.2. The number of amides is 1. The van der Waals surface area contributed by atoms with Gasteiger partial charge in [0.25, 0.3) is 0 Å². The molecule has 0 saturated heterocycles. The highest BCUT2D eigenvalue weighted by Gasteiger charge is 2.09. The van der Waals surface area contributed by atoms with Crippen LogP contribution >= 0.6 is 11.6 Å². The number of carbonyl (C=O) groups excluding carboxylic acids is 1. The SMILES string of the molecule is O=C(Cn1ccc(=O)c2ccc(Cl)cc21)Nc1ccccc1F. The van der Waals surface area contributed by atoms with E-state index in [9.17, 15) is 14.0 Å². The van der Waals surface area contributed by atoms with Crippen molar-refractivity contribution in [3.05, 3.63) is 75.8 Å². The number of pyridine rings is 1. The standard InChI is InChI=1S/C17H12ClFN2O2/c18-11-5-6-12-15(9-11)21(8-7-16(12)22)10-17(23)20-14-4-2-1-3-13(14)19/h1-9H,10H2,(H,20,23). The van der Waals surface area contributed by atoms with Crippen molar-refractivity contribution in [3.63, 3.8) is 0 Å². The first kappa shape index (κ1) is 15.2. The third-order valence-electron chi connectivity index (χ3n) is 3.40. The van der Waals surface area contributed by atoms with Gasteiger partial charge >= 0.3 is 0 Å². The van der Waals surface area contributed by atoms with E-state index in [1.807, 2.05) is 0 Å². The molecule has 0 aliphatic carbocycles. The first-order chi connectivity index (χ1) is 11.0. The summed E-state index contributed by atoms with van der Waals surface area (Å²) < 4.78 is 15.2. The highest BCUT2D eigenvalue weighted by Crippen LogP contribution is 2.17. The molecule has 23 heavy (non-hydrogen) atoms. The highest BCUT2D eigenvalue weighted by molar-refractivity contribution is 6.31. The Hall–Kier alpha value is -2.66. The zero-order valence-electron chi connectivity index (χ0n) is 11.9. The van der Waals surface area contributed by atoms with Crippen LogP contribution in [0.1, 0.15) is 0 Å². The molecule has 1 aromatic heterocycles. The lowest BCUT2D eigenvalue weighted by Crippen LogP contribution is -2.20. The Morgan fingerprint density at radius 3 is 2.74 bits per heavy atom. The quantitative estimate of drug-likeness (QED) is 0.800. The minimum absolute atomic E-state index is 0.0640. The molecule has 0 aliphatic heterocycles. The maximum atomic E-state index is 13.6. The molecule has 0 unspecified atom stereocenters. The maximum Gasteiger partial charge on any atom is 0.244 e. The van der Waals surface area contributed by atoms with Crippen LogP contribution in [0.5, 0.6) is 0 Å². The summed E-state index contributed by atoms with van der Waals surface area (Å²) in [6.45, 7) is -0.0640. The fourth-order valence-corrected chi connectivity index (χ4v) is 2.49. The Kier molecular flexibility index (Phi) is 4.12. The molecule has 1 heterocycles. The van der Waals surface area contributed by atoms with Crippen molar-refractivity contribution < 1.29 is 9.18 Å². The number of carbonyl (C=O) groups is 1. The summed E-state index contributed by atoms with van der Waals surface area (Å²) >= 11 is 5.96. The fraction of sp³-hybridized carbons (Fsp3) is 0.0588. The van der Waals surface area contributed by atoms with Crippen molar-refractivity contribution in [1.29, 1.82) is 0 Å². The molecule has 4 nitrogen and oxygen atoms in total. The number of nitrogens with zero attached hydrogens (tertiary/aromatic N) is 1. The normalized spacial score (nSPS) is 10.7. The molecule has 6 heteroatoms. The fourth-order valence-electron chi connectivity index (χ4n) is 2.32. The summed E-state index contributed by atoms with van der Waals surface area (Å²) in [5.74, 6) is -0.909. The lowest BCUT2D eigenvalue weighted by molar-refractivity contribution is -0.116. The van der Waals surface area contributed by atoms with Gasteiger partial charge in [0.2, 0.25) is 5.91 Å². The molecule has 0 spiro atoms. The average Bonchev–Trinajstić information content (AvgIpc) is 2.52. The van der Waals surface area contributed by atoms with Gasteiger partial charge in [0.05, 0.1) is 11.2 Å². The monoisotopic (exact) mass is 330 g/mol. The van der Waals surface area contributed by atoms with E-state index in [2.05, 4.69) is 5.32 Å². The minimum Gasteiger partial charge on any atom is -0.338 e. The summed E-state index contributed by atoms with van der Waals surface area (Å²) in [5, 5.41) is 3.44. The molecule has 0 radical (unpaired) electrons. The van der Waals surface area contributed by atoms with E-state index in [4.69, 9.17) is 11.6 Å². The maximum absolute atomic E-state index is 13.6. The highest BCUT2D eigenvalue weighted by atomic mass is 35.5. The van der Waals surface area contributed by atoms with Crippen molar-refractivity contribution in [2.24, 2.45) is 0 Å². The van der Waals surface area contributed by atoms with Crippen molar-refractivity contribution in [3.8, 4) is 0 Å². The number of rotatable bonds is 3. The minimum atomic E-state index is -0.506. The third-order valence-corrected chi connectivity index (χ3v) is 3.64. The van der Waals surface area contributed by atoms with Crippen LogP contribution in [0, 0.1) is 5.82 Å². The van der Waals surface area contributed by atoms with Gasteiger partial charge in [0, 0.05) is 22.7 Å². The number of nitrogens with one attached hydrogen (secondary N) is 1. The third kappa shape index (κ3) is 3.24. The van der Waals surface area contributed by atoms with Crippen LogP contribution in [0.2, 0.25) is 5.02 Å². The predicted molar refractivity (Wildman–Crippen MR) is 88.2 cm³/mol. The number of para-hydroxylation sites is 1. The smallest absolute Gasteiger partial charge is 0.244 e. The van der Waals surface area contributed by atoms with Gasteiger partial charge in [-0.2, -0.15) is 0 Å². The number of anilines is 1. The van der Waals surface area contributed by atoms with E-state index in [0.29, 0.717) is 15.9 Å². The largest absolute Gasteiger partial charge is 0.338 e. The second-order valence-electron chi connectivity index (χ2n) is 5.00. The molecular formula is C17H12ClFN2O2. The van der Waals surface area contributed by atoms with Crippen LogP contribution in [-0.4, -0.2) is 10.5 Å². The first-order valence-corrected chi connectivity index (χ1v) is 7.25. The van der Waals surface area contributed by atoms with E-state index in [0.717, 1.165) is 0 Å². The van der Waals surface area contributed by atoms with Crippen molar-refractivity contribution >= 4 is 34.1 Å². The molecule has 3 rings (SSSR count). The van der Waals surface area contributed by atoms with Gasteiger partial charge in [0.1, 0.15) is 12.4 Å². The van der Waals surface area contributed by atoms with E-state index in [1.54, 1.807) is 34.9 Å². The van der Waals surface area contributed by atoms with Gasteiger partial charge in [0.15, 0.2) is 5.43 Å². The van der Waals surface area contributed by atoms with Gasteiger partial charge in [-0.3, -0.25) is 9.59 Å². The number of benzene rings is 2. The van der Waals surface area contributed by atoms with E-state index in [1.165, 1.54) is 24.4 Å². The number of halogens is 2. The first-order valence-electron chi connectivity index (χ1n) is 6.88. The molecule has 116 valence electrons. The van der Waals surface area contributed by atoms with Crippen LogP contribution in [-0.2, 0) is 11.3 Å². The van der Waals surface area contributed by atoms with Crippen LogP contribution in [0.15, 0.2) is 59.5 Å². The predicted octanol–water partition coefficient (Wildman–Crippen LogP) is 3.43. The Labute approximate surface area is 136 Å². The molecule has 1 amide bonds. The second kappa shape index (κ2) is 6.22. The van der Waals surface area contributed by atoms with Crippen molar-refractivity contribution in [2.75, 3.05) is 5.32 Å². The van der Waals surface area contributed by atoms with Crippen LogP contribution in [0.3, 0.4) is 0 Å². The van der Waals surface area contributed by atoms with Gasteiger partial charge in [-0.25, -0.2) is 4.39 Å². The molecule has 0 bridgehead atoms. The Bertz CT molecular complexity index is 953. The molecule has 1 N–H and O–H groups in total. The Morgan fingerprint density at radius 1 is 1.17 bits per heavy atom. The molecule has 0 fully saturated rings. The van der Waals surface area contributed by atoms with Crippen molar-refractivity contribution in [1.82, 2.24) is 4.57 Å². The summed E-state index contributed by atoms with van der Waals surface area (Å²) in [6.07, 6.45) is 1.52. The molecular weight excluding hydrogens is 319 g/mol. The molecule has 0 atom stereocenters. The zero-order chi connectivity index (χ0) is 16.4. The van der Waals surface area contributed by atoms with Crippen molar-refractivity contribution in [2.45, 2.75) is 6.54 Å². The topological polar surface area (TPSA) is 51.1 Å². The van der Waals surface area contributed by atoms with Gasteiger partial charge < -0.3 is 9.88 Å². The number of hydrogen-bond donors (Lipinski definition) is 1. The summed E-state index contributed by atoms with van der Waals surface area (Å²) in [4.78, 5) is 24.0. The second-order valence-corrected chi connectivity index (χ2v) is 5.43. The summed E-state index contributed by atoms with van der Waals surface area (Å²) in [6, 6.07) is 12.2. The number of aromatic nitrogens is 1. The van der Waals surface area contributed by atoms with Gasteiger partial charge in [-0.15, -0.1) is 0 Å². The average molecular weight is 331 g/mol. The molecule has 3 aromatic rings. The van der Waals surface area contributed by atoms with Crippen LogP contribution < -0.4 is 10.7 Å². The molecule has 0 saturated carbocycles. The van der Waals surface area contributed by atoms with Crippen LogP contribution in [0.25, 0.3) is 10.9 Å². The van der Waals surface area contributed by atoms with Gasteiger partial charge in [-0.05, 0) is 30.3 Å². The molecule has 2 aromatic carbocycles. The number of hydrogen-bond acceptors (Lipinski definition) is 2. The number of fused-ring (bicyclic) bond motifs is 1. The zero-order valence-corrected chi connectivity index (χ0v) is 12.7. The van der Waals surface area contributed by atoms with E-state index in [-0.39, 0.29) is 17.7 Å². The van der Waals surface area contributed by atoms with Gasteiger partial charge in [-0.1, -0.05) is 23.7 Å². The van der Waals surface area contributed by atoms with E-state index >= 15 is 0 Å². The Morgan fingerprint density at radius 2 is 1.96 bits per heavy atom. The lowest BCUT2D eigenvalue weighted by Gasteiger charge is -2.11. The summed E-state index contributed by atoms with van der Waals surface area (Å²) in [7, 11) is 0. The summed E-state index contributed by atoms with van der Waals surface area (Å²) in [5.41, 5.74) is 0.511. The molecule has 0 aliphatic rings. The van der Waals surface area contributed by atoms with E-state index < -0.39 is 11.7 Å². The Balaban J connectivity index is 1.91.